The average molecular weight is 402 g/mol. The molecule has 3 aromatic rings. The van der Waals surface area contributed by atoms with Gasteiger partial charge in [-0.15, -0.1) is 0 Å². The molecule has 6 heteroatoms. The summed E-state index contributed by atoms with van der Waals surface area (Å²) >= 11 is 0. The second-order valence-electron chi connectivity index (χ2n) is 8.52. The molecule has 1 N–H and O–H groups in total. The average Bonchev–Trinajstić information content (AvgIpc) is 3.39. The monoisotopic (exact) mass is 402 g/mol. The Kier molecular flexibility index (Phi) is 4.31. The van der Waals surface area contributed by atoms with Crippen LogP contribution in [-0.4, -0.2) is 54.3 Å². The van der Waals surface area contributed by atoms with Crippen molar-refractivity contribution in [2.24, 2.45) is 5.41 Å². The predicted octanol–water partition coefficient (Wildman–Crippen LogP) is 3.77. The quantitative estimate of drug-likeness (QED) is 0.675. The Labute approximate surface area is 176 Å². The number of aromatic nitrogens is 2. The van der Waals surface area contributed by atoms with Crippen LogP contribution in [0.25, 0.3) is 22.0 Å². The third-order valence-electron chi connectivity index (χ3n) is 6.62. The van der Waals surface area contributed by atoms with Crippen LogP contribution < -0.4 is 9.64 Å². The van der Waals surface area contributed by atoms with Gasteiger partial charge in [-0.05, 0) is 42.7 Å². The molecule has 2 aliphatic heterocycles. The minimum absolute atomic E-state index is 0.0299. The zero-order chi connectivity index (χ0) is 20.9. The Morgan fingerprint density at radius 1 is 1.27 bits per heavy atom. The Morgan fingerprint density at radius 2 is 2.10 bits per heavy atom. The molecule has 0 atom stereocenters. The maximum absolute atomic E-state index is 11.9. The summed E-state index contributed by atoms with van der Waals surface area (Å²) in [4.78, 5) is 16.2. The van der Waals surface area contributed by atoms with Crippen LogP contribution in [0.5, 0.6) is 5.75 Å². The zero-order valence-corrected chi connectivity index (χ0v) is 17.4. The van der Waals surface area contributed by atoms with Crippen molar-refractivity contribution in [3.8, 4) is 16.9 Å². The van der Waals surface area contributed by atoms with E-state index in [1.165, 1.54) is 11.6 Å². The summed E-state index contributed by atoms with van der Waals surface area (Å²) in [5.74, 6) is 0.923. The number of anilines is 1. The van der Waals surface area contributed by atoms with Crippen molar-refractivity contribution < 1.29 is 9.53 Å². The number of H-pyrrole nitrogens is 1. The molecule has 0 unspecified atom stereocenters. The molecule has 30 heavy (non-hydrogen) atoms. The smallest absolute Gasteiger partial charge is 0.245 e. The molecule has 0 radical (unpaired) electrons. The lowest BCUT2D eigenvalue weighted by atomic mass is 9.79. The lowest BCUT2D eigenvalue weighted by molar-refractivity contribution is -0.136. The number of carbonyl (C=O) groups excluding carboxylic acids is 1. The second kappa shape index (κ2) is 6.90. The van der Waals surface area contributed by atoms with Crippen LogP contribution in [0.3, 0.4) is 0 Å². The molecule has 0 aliphatic carbocycles. The first-order valence-electron chi connectivity index (χ1n) is 10.3. The van der Waals surface area contributed by atoms with Gasteiger partial charge >= 0.3 is 0 Å². The molecule has 1 spiro atoms. The first kappa shape index (κ1) is 18.7. The highest BCUT2D eigenvalue weighted by molar-refractivity contribution is 5.99. The predicted molar refractivity (Wildman–Crippen MR) is 119 cm³/mol. The van der Waals surface area contributed by atoms with Crippen LogP contribution in [0.4, 0.5) is 5.69 Å². The van der Waals surface area contributed by atoms with Crippen molar-refractivity contribution in [3.63, 3.8) is 0 Å². The summed E-state index contributed by atoms with van der Waals surface area (Å²) < 4.78 is 5.97. The molecular weight excluding hydrogens is 376 g/mol. The highest BCUT2D eigenvalue weighted by Crippen LogP contribution is 2.47. The lowest BCUT2D eigenvalue weighted by Crippen LogP contribution is -2.59. The molecule has 2 fully saturated rings. The van der Waals surface area contributed by atoms with Crippen molar-refractivity contribution in [2.75, 3.05) is 38.2 Å². The SMILES string of the molecule is C=CC(=O)N1CC2(CCN(c3cccc(-c4c(C)ccc5[nH]ncc45)c3OC)C2)C1. The minimum Gasteiger partial charge on any atom is -0.494 e. The van der Waals surface area contributed by atoms with E-state index in [1.807, 2.05) is 11.1 Å². The number of likely N-dealkylation sites (tertiary alicyclic amines) is 1. The van der Waals surface area contributed by atoms with Gasteiger partial charge in [-0.3, -0.25) is 9.89 Å². The Bertz CT molecular complexity index is 1140. The number of aryl methyl sites for hydroxylation is 1. The molecule has 1 amide bonds. The molecule has 3 heterocycles. The topological polar surface area (TPSA) is 61.5 Å². The number of rotatable bonds is 4. The fourth-order valence-corrected chi connectivity index (χ4v) is 5.12. The number of aromatic amines is 1. The fourth-order valence-electron chi connectivity index (χ4n) is 5.12. The van der Waals surface area contributed by atoms with Crippen molar-refractivity contribution in [1.82, 2.24) is 15.1 Å². The second-order valence-corrected chi connectivity index (χ2v) is 8.52. The van der Waals surface area contributed by atoms with Gasteiger partial charge in [-0.2, -0.15) is 5.10 Å². The Hall–Kier alpha value is -3.28. The van der Waals surface area contributed by atoms with Gasteiger partial charge in [0, 0.05) is 42.5 Å². The molecular formula is C24H26N4O2. The summed E-state index contributed by atoms with van der Waals surface area (Å²) in [6.07, 6.45) is 4.37. The van der Waals surface area contributed by atoms with E-state index in [1.54, 1.807) is 7.11 Å². The van der Waals surface area contributed by atoms with Crippen LogP contribution >= 0.6 is 0 Å². The number of carbonyl (C=O) groups is 1. The maximum Gasteiger partial charge on any atom is 0.245 e. The number of hydrogen-bond acceptors (Lipinski definition) is 4. The normalized spacial score (nSPS) is 17.4. The molecule has 0 saturated carbocycles. The van der Waals surface area contributed by atoms with Crippen LogP contribution in [-0.2, 0) is 4.79 Å². The van der Waals surface area contributed by atoms with Gasteiger partial charge in [0.25, 0.3) is 0 Å². The minimum atomic E-state index is 0.0299. The maximum atomic E-state index is 11.9. The Balaban J connectivity index is 1.50. The van der Waals surface area contributed by atoms with E-state index < -0.39 is 0 Å². The number of methoxy groups -OCH3 is 1. The molecule has 1 aromatic heterocycles. The molecule has 5 rings (SSSR count). The van der Waals surface area contributed by atoms with Gasteiger partial charge in [0.15, 0.2) is 0 Å². The molecule has 2 saturated heterocycles. The van der Waals surface area contributed by atoms with Gasteiger partial charge in [0.2, 0.25) is 5.91 Å². The van der Waals surface area contributed by atoms with Crippen LogP contribution in [0.15, 0.2) is 49.2 Å². The third kappa shape index (κ3) is 2.78. The third-order valence-corrected chi connectivity index (χ3v) is 6.62. The molecule has 0 bridgehead atoms. The molecule has 2 aliphatic rings. The van der Waals surface area contributed by atoms with Crippen LogP contribution in [0.2, 0.25) is 0 Å². The van der Waals surface area contributed by atoms with Gasteiger partial charge in [0.05, 0.1) is 24.5 Å². The van der Waals surface area contributed by atoms with Gasteiger partial charge in [-0.25, -0.2) is 0 Å². The van der Waals surface area contributed by atoms with E-state index in [4.69, 9.17) is 4.74 Å². The van der Waals surface area contributed by atoms with E-state index in [9.17, 15) is 4.79 Å². The largest absolute Gasteiger partial charge is 0.494 e. The van der Waals surface area contributed by atoms with Crippen LogP contribution in [0.1, 0.15) is 12.0 Å². The first-order valence-corrected chi connectivity index (χ1v) is 10.3. The summed E-state index contributed by atoms with van der Waals surface area (Å²) in [6.45, 7) is 9.24. The number of nitrogens with one attached hydrogen (secondary N) is 1. The molecule has 154 valence electrons. The molecule has 6 nitrogen and oxygen atoms in total. The van der Waals surface area contributed by atoms with E-state index in [-0.39, 0.29) is 11.3 Å². The summed E-state index contributed by atoms with van der Waals surface area (Å²) in [7, 11) is 1.74. The number of ether oxygens (including phenoxy) is 1. The van der Waals surface area contributed by atoms with Gasteiger partial charge in [0.1, 0.15) is 5.75 Å². The zero-order valence-electron chi connectivity index (χ0n) is 17.4. The number of nitrogens with zero attached hydrogens (tertiary/aromatic N) is 3. The van der Waals surface area contributed by atoms with E-state index in [2.05, 4.69) is 58.9 Å². The lowest BCUT2D eigenvalue weighted by Gasteiger charge is -2.47. The van der Waals surface area contributed by atoms with Crippen molar-refractivity contribution in [2.45, 2.75) is 13.3 Å². The summed E-state index contributed by atoms with van der Waals surface area (Å²) in [5, 5.41) is 8.40. The Morgan fingerprint density at radius 3 is 2.87 bits per heavy atom. The number of benzene rings is 2. The van der Waals surface area contributed by atoms with E-state index in [0.29, 0.717) is 0 Å². The van der Waals surface area contributed by atoms with Crippen molar-refractivity contribution in [1.29, 1.82) is 0 Å². The van der Waals surface area contributed by atoms with Crippen molar-refractivity contribution in [3.05, 3.63) is 54.7 Å². The summed E-state index contributed by atoms with van der Waals surface area (Å²) in [6, 6.07) is 10.5. The highest BCUT2D eigenvalue weighted by Gasteiger charge is 2.49. The first-order chi connectivity index (χ1) is 14.5. The fraction of sp³-hybridized carbons (Fsp3) is 0.333. The standard InChI is InChI=1S/C24H26N4O2/c1-4-21(29)28-14-24(15-28)10-11-27(13-24)20-7-5-6-17(23(20)30-3)22-16(2)8-9-19-18(22)12-25-26-19/h4-9,12H,1,10-11,13-15H2,2-3H3,(H,25,26). The number of fused-ring (bicyclic) bond motifs is 1. The number of amides is 1. The molecule has 2 aromatic carbocycles. The van der Waals surface area contributed by atoms with Gasteiger partial charge in [-0.1, -0.05) is 24.8 Å². The van der Waals surface area contributed by atoms with Gasteiger partial charge < -0.3 is 14.5 Å². The number of hydrogen-bond donors (Lipinski definition) is 1. The van der Waals surface area contributed by atoms with E-state index >= 15 is 0 Å². The van der Waals surface area contributed by atoms with Crippen LogP contribution in [0, 0.1) is 12.3 Å². The number of para-hydroxylation sites is 1. The highest BCUT2D eigenvalue weighted by atomic mass is 16.5. The van der Waals surface area contributed by atoms with E-state index in [0.717, 1.165) is 66.1 Å². The summed E-state index contributed by atoms with van der Waals surface area (Å²) in [5.41, 5.74) is 5.73. The van der Waals surface area contributed by atoms with Crippen molar-refractivity contribution >= 4 is 22.5 Å².